The molecule has 1 N–H and O–H groups in total. The largest absolute Gasteiger partial charge is 0.493 e. The van der Waals surface area contributed by atoms with Gasteiger partial charge in [-0.1, -0.05) is 37.1 Å². The predicted octanol–water partition coefficient (Wildman–Crippen LogP) is 5.29. The van der Waals surface area contributed by atoms with Gasteiger partial charge >= 0.3 is 5.97 Å². The second kappa shape index (κ2) is 10.8. The fourth-order valence-corrected chi connectivity index (χ4v) is 4.23. The molecular formula is C25H26ClFN4O4. The van der Waals surface area contributed by atoms with Gasteiger partial charge in [-0.25, -0.2) is 13.9 Å². The number of halogens is 2. The molecule has 0 radical (unpaired) electrons. The van der Waals surface area contributed by atoms with Crippen molar-refractivity contribution < 1.29 is 23.4 Å². The van der Waals surface area contributed by atoms with E-state index in [2.05, 4.69) is 15.4 Å². The number of methoxy groups -OCH3 is 1. The Morgan fingerprint density at radius 3 is 2.77 bits per heavy atom. The summed E-state index contributed by atoms with van der Waals surface area (Å²) in [6.45, 7) is 3.97. The number of allylic oxidation sites excluding steroid dienone is 1. The number of benzene rings is 2. The minimum atomic E-state index is -0.585. The molecule has 2 aromatic carbocycles. The third-order valence-electron chi connectivity index (χ3n) is 5.61. The molecule has 2 heterocycles. The first-order valence-corrected chi connectivity index (χ1v) is 11.7. The van der Waals surface area contributed by atoms with Gasteiger partial charge in [0.2, 0.25) is 5.95 Å². The van der Waals surface area contributed by atoms with Crippen LogP contribution in [0.2, 0.25) is 5.02 Å². The molecule has 35 heavy (non-hydrogen) atoms. The summed E-state index contributed by atoms with van der Waals surface area (Å²) >= 11 is 6.12. The molecule has 4 rings (SSSR count). The van der Waals surface area contributed by atoms with Crippen LogP contribution in [0.4, 0.5) is 10.3 Å². The zero-order valence-electron chi connectivity index (χ0n) is 19.7. The normalized spacial score (nSPS) is 14.8. The average Bonchev–Trinajstić information content (AvgIpc) is 3.31. The first-order valence-electron chi connectivity index (χ1n) is 11.3. The van der Waals surface area contributed by atoms with Crippen molar-refractivity contribution in [3.8, 4) is 11.5 Å². The molecule has 1 aliphatic heterocycles. The topological polar surface area (TPSA) is 87.5 Å². The maximum atomic E-state index is 14.2. The number of anilines is 1. The molecule has 10 heteroatoms. The molecule has 0 fully saturated rings. The Labute approximate surface area is 207 Å². The van der Waals surface area contributed by atoms with Crippen molar-refractivity contribution in [3.63, 3.8) is 0 Å². The highest BCUT2D eigenvalue weighted by atomic mass is 35.5. The van der Waals surface area contributed by atoms with Gasteiger partial charge in [-0.05, 0) is 43.2 Å². The number of aromatic nitrogens is 3. The molecule has 1 atom stereocenters. The van der Waals surface area contributed by atoms with Gasteiger partial charge in [-0.15, -0.1) is 0 Å². The van der Waals surface area contributed by atoms with Crippen LogP contribution in [0.15, 0.2) is 54.0 Å². The highest BCUT2D eigenvalue weighted by Gasteiger charge is 2.35. The van der Waals surface area contributed by atoms with E-state index >= 15 is 0 Å². The number of nitrogens with zero attached hydrogens (tertiary/aromatic N) is 3. The zero-order valence-corrected chi connectivity index (χ0v) is 20.4. The molecule has 0 saturated carbocycles. The van der Waals surface area contributed by atoms with E-state index in [1.165, 1.54) is 25.6 Å². The number of carbonyl (C=O) groups is 1. The van der Waals surface area contributed by atoms with Gasteiger partial charge in [-0.2, -0.15) is 10.1 Å². The summed E-state index contributed by atoms with van der Waals surface area (Å²) in [6, 6.07) is 9.17. The minimum Gasteiger partial charge on any atom is -0.493 e. The summed E-state index contributed by atoms with van der Waals surface area (Å²) in [5, 5.41) is 7.85. The average molecular weight is 501 g/mol. The number of hydrogen-bond donors (Lipinski definition) is 1. The van der Waals surface area contributed by atoms with Gasteiger partial charge in [0.05, 0.1) is 24.3 Å². The van der Waals surface area contributed by atoms with Crippen LogP contribution < -0.4 is 14.8 Å². The highest BCUT2D eigenvalue weighted by molar-refractivity contribution is 6.31. The molecule has 0 unspecified atom stereocenters. The summed E-state index contributed by atoms with van der Waals surface area (Å²) in [6.07, 6.45) is 2.89. The van der Waals surface area contributed by atoms with E-state index in [0.717, 1.165) is 17.7 Å². The second-order valence-corrected chi connectivity index (χ2v) is 8.22. The Morgan fingerprint density at radius 2 is 2.06 bits per heavy atom. The van der Waals surface area contributed by atoms with Crippen LogP contribution in [0.5, 0.6) is 11.5 Å². The van der Waals surface area contributed by atoms with E-state index < -0.39 is 17.8 Å². The van der Waals surface area contributed by atoms with E-state index in [1.807, 2.05) is 13.0 Å². The Balaban J connectivity index is 1.72. The maximum Gasteiger partial charge on any atom is 0.338 e. The van der Waals surface area contributed by atoms with Crippen molar-refractivity contribution in [2.24, 2.45) is 0 Å². The molecule has 0 spiro atoms. The Hall–Kier alpha value is -3.59. The Morgan fingerprint density at radius 1 is 1.23 bits per heavy atom. The van der Waals surface area contributed by atoms with Crippen LogP contribution in [-0.2, 0) is 16.1 Å². The lowest BCUT2D eigenvalue weighted by atomic mass is 9.93. The van der Waals surface area contributed by atoms with E-state index in [4.69, 9.17) is 25.8 Å². The Kier molecular flexibility index (Phi) is 7.55. The van der Waals surface area contributed by atoms with Crippen molar-refractivity contribution in [2.45, 2.75) is 39.3 Å². The van der Waals surface area contributed by atoms with Crippen molar-refractivity contribution in [1.82, 2.24) is 14.8 Å². The smallest absolute Gasteiger partial charge is 0.338 e. The third-order valence-corrected chi connectivity index (χ3v) is 5.97. The first-order chi connectivity index (χ1) is 17.0. The van der Waals surface area contributed by atoms with E-state index in [0.29, 0.717) is 29.4 Å². The fraction of sp³-hybridized carbons (Fsp3) is 0.320. The molecule has 8 nitrogen and oxygen atoms in total. The summed E-state index contributed by atoms with van der Waals surface area (Å²) in [5.41, 5.74) is 2.18. The van der Waals surface area contributed by atoms with Crippen LogP contribution in [0.1, 0.15) is 43.9 Å². The van der Waals surface area contributed by atoms with Crippen molar-refractivity contribution >= 4 is 23.5 Å². The number of hydrogen-bond acceptors (Lipinski definition) is 7. The lowest BCUT2D eigenvalue weighted by Gasteiger charge is -2.29. The monoisotopic (exact) mass is 500 g/mol. The second-order valence-electron chi connectivity index (χ2n) is 7.82. The summed E-state index contributed by atoms with van der Waals surface area (Å²) in [4.78, 5) is 17.4. The predicted molar refractivity (Wildman–Crippen MR) is 129 cm³/mol. The molecule has 0 saturated heterocycles. The lowest BCUT2D eigenvalue weighted by Crippen LogP contribution is -2.30. The quantitative estimate of drug-likeness (QED) is 0.399. The molecule has 184 valence electrons. The summed E-state index contributed by atoms with van der Waals surface area (Å²) in [5.74, 6) is 0.464. The molecule has 0 amide bonds. The standard InChI is InChI=1S/C25H26ClFN4O4/c1-4-7-19-22(24(32)34-5-2)23(31-25(30-19)28-14-29-31)15-10-11-20(21(12-15)33-3)35-13-16-17(26)8-6-9-18(16)27/h6,8-12,14,23H,4-5,7,13H2,1-3H3,(H,28,29,30)/t23-/m1/s1. The highest BCUT2D eigenvalue weighted by Crippen LogP contribution is 2.40. The number of carbonyl (C=O) groups excluding carboxylic acids is 1. The van der Waals surface area contributed by atoms with Gasteiger partial charge in [0.25, 0.3) is 0 Å². The molecule has 1 aliphatic rings. The van der Waals surface area contributed by atoms with Gasteiger partial charge in [0.15, 0.2) is 11.5 Å². The van der Waals surface area contributed by atoms with E-state index in [1.54, 1.807) is 29.8 Å². The van der Waals surface area contributed by atoms with Crippen molar-refractivity contribution in [3.05, 3.63) is 76.0 Å². The van der Waals surface area contributed by atoms with Crippen LogP contribution in [0.25, 0.3) is 0 Å². The zero-order chi connectivity index (χ0) is 24.9. The van der Waals surface area contributed by atoms with Crippen LogP contribution in [-0.4, -0.2) is 34.5 Å². The molecule has 0 aliphatic carbocycles. The number of ether oxygens (including phenoxy) is 3. The van der Waals surface area contributed by atoms with Crippen LogP contribution in [0.3, 0.4) is 0 Å². The fourth-order valence-electron chi connectivity index (χ4n) is 4.01. The molecule has 0 bridgehead atoms. The first kappa shape index (κ1) is 24.5. The van der Waals surface area contributed by atoms with Gasteiger partial charge in [-0.3, -0.25) is 0 Å². The molecular weight excluding hydrogens is 475 g/mol. The molecule has 3 aromatic rings. The van der Waals surface area contributed by atoms with Crippen molar-refractivity contribution in [2.75, 3.05) is 19.0 Å². The maximum absolute atomic E-state index is 14.2. The molecule has 1 aromatic heterocycles. The minimum absolute atomic E-state index is 0.0730. The number of esters is 1. The summed E-state index contributed by atoms with van der Waals surface area (Å²) in [7, 11) is 1.51. The van der Waals surface area contributed by atoms with E-state index in [-0.39, 0.29) is 23.8 Å². The van der Waals surface area contributed by atoms with Gasteiger partial charge < -0.3 is 19.5 Å². The van der Waals surface area contributed by atoms with Gasteiger partial charge in [0.1, 0.15) is 24.8 Å². The third kappa shape index (κ3) is 4.95. The van der Waals surface area contributed by atoms with Crippen LogP contribution >= 0.6 is 11.6 Å². The SMILES string of the molecule is CCCC1=C(C(=O)OCC)[C@@H](c2ccc(OCc3c(F)cccc3Cl)c(OC)c2)n2ncnc2N1. The number of fused-ring (bicyclic) bond motifs is 1. The number of nitrogens with one attached hydrogen (secondary N) is 1. The lowest BCUT2D eigenvalue weighted by molar-refractivity contribution is -0.139. The van der Waals surface area contributed by atoms with E-state index in [9.17, 15) is 9.18 Å². The van der Waals surface area contributed by atoms with Gasteiger partial charge in [0, 0.05) is 11.3 Å². The number of rotatable bonds is 9. The van der Waals surface area contributed by atoms with Crippen LogP contribution in [0, 0.1) is 5.82 Å². The van der Waals surface area contributed by atoms with Crippen molar-refractivity contribution in [1.29, 1.82) is 0 Å². The Bertz CT molecular complexity index is 1240. The summed E-state index contributed by atoms with van der Waals surface area (Å²) < 4.78 is 32.6.